The van der Waals surface area contributed by atoms with Gasteiger partial charge in [0.2, 0.25) is 0 Å². The highest BCUT2D eigenvalue weighted by atomic mass is 16.5. The average Bonchev–Trinajstić information content (AvgIpc) is 2.68. The quantitative estimate of drug-likeness (QED) is 0.205. The lowest BCUT2D eigenvalue weighted by Gasteiger charge is -2.23. The Morgan fingerprint density at radius 1 is 0.900 bits per heavy atom. The summed E-state index contributed by atoms with van der Waals surface area (Å²) in [6, 6.07) is 0. The lowest BCUT2D eigenvalue weighted by molar-refractivity contribution is -0.142. The highest BCUT2D eigenvalue weighted by Gasteiger charge is 2.12. The second-order valence-electron chi connectivity index (χ2n) is 7.97. The number of rotatable bonds is 18. The molecule has 7 nitrogen and oxygen atoms in total. The van der Waals surface area contributed by atoms with Crippen LogP contribution in [0.25, 0.3) is 0 Å². The molecule has 0 saturated carbocycles. The summed E-state index contributed by atoms with van der Waals surface area (Å²) in [5.41, 5.74) is 0.760. The van der Waals surface area contributed by atoms with E-state index in [4.69, 9.17) is 9.47 Å². The maximum absolute atomic E-state index is 11.5. The third-order valence-corrected chi connectivity index (χ3v) is 4.61. The van der Waals surface area contributed by atoms with Crippen LogP contribution in [-0.2, 0) is 19.1 Å². The van der Waals surface area contributed by atoms with Gasteiger partial charge in [-0.1, -0.05) is 32.9 Å². The molecule has 174 valence electrons. The van der Waals surface area contributed by atoms with E-state index in [0.717, 1.165) is 58.3 Å². The van der Waals surface area contributed by atoms with E-state index in [0.29, 0.717) is 24.3 Å². The van der Waals surface area contributed by atoms with Crippen molar-refractivity contribution in [2.45, 2.75) is 59.0 Å². The highest BCUT2D eigenvalue weighted by Crippen LogP contribution is 2.04. The Morgan fingerprint density at radius 2 is 1.47 bits per heavy atom. The maximum atomic E-state index is 11.5. The molecule has 0 radical (unpaired) electrons. The van der Waals surface area contributed by atoms with Gasteiger partial charge in [-0.2, -0.15) is 0 Å². The number of nitrogens with zero attached hydrogens (tertiary/aromatic N) is 2. The van der Waals surface area contributed by atoms with E-state index < -0.39 is 12.1 Å². The molecular weight excluding hydrogens is 384 g/mol. The Labute approximate surface area is 182 Å². The first-order valence-corrected chi connectivity index (χ1v) is 10.9. The van der Waals surface area contributed by atoms with Crippen LogP contribution in [-0.4, -0.2) is 85.9 Å². The van der Waals surface area contributed by atoms with E-state index in [2.05, 4.69) is 25.0 Å². The fourth-order valence-corrected chi connectivity index (χ4v) is 2.80. The van der Waals surface area contributed by atoms with Crippen LogP contribution in [0.5, 0.6) is 0 Å². The molecule has 0 saturated heterocycles. The van der Waals surface area contributed by atoms with Crippen molar-refractivity contribution in [3.63, 3.8) is 0 Å². The van der Waals surface area contributed by atoms with Crippen molar-refractivity contribution >= 4 is 11.9 Å². The van der Waals surface area contributed by atoms with Gasteiger partial charge in [-0.25, -0.2) is 9.59 Å². The summed E-state index contributed by atoms with van der Waals surface area (Å²) < 4.78 is 10.2. The van der Waals surface area contributed by atoms with Gasteiger partial charge in [0, 0.05) is 24.2 Å². The summed E-state index contributed by atoms with van der Waals surface area (Å²) in [7, 11) is 1.95. The Balaban J connectivity index is 3.99. The van der Waals surface area contributed by atoms with Gasteiger partial charge < -0.3 is 19.5 Å². The molecule has 0 aliphatic heterocycles. The smallest absolute Gasteiger partial charge is 0.333 e. The van der Waals surface area contributed by atoms with Crippen LogP contribution in [0, 0.1) is 0 Å². The molecule has 7 heteroatoms. The van der Waals surface area contributed by atoms with E-state index in [9.17, 15) is 14.7 Å². The first kappa shape index (κ1) is 28.3. The second-order valence-corrected chi connectivity index (χ2v) is 7.97. The topological polar surface area (TPSA) is 79.3 Å². The van der Waals surface area contributed by atoms with Crippen LogP contribution in [0.3, 0.4) is 0 Å². The third-order valence-electron chi connectivity index (χ3n) is 4.61. The number of esters is 2. The number of hydrogen-bond donors (Lipinski definition) is 1. The molecule has 0 heterocycles. The molecule has 0 fully saturated rings. The first-order chi connectivity index (χ1) is 14.2. The summed E-state index contributed by atoms with van der Waals surface area (Å²) in [4.78, 5) is 27.2. The Kier molecular flexibility index (Phi) is 16.1. The molecule has 0 amide bonds. The zero-order valence-electron chi connectivity index (χ0n) is 19.5. The number of aliphatic hydroxyl groups excluding tert-OH is 1. The van der Waals surface area contributed by atoms with Crippen LogP contribution >= 0.6 is 0 Å². The molecular formula is C23H42N2O5. The molecule has 0 aromatic heterocycles. The molecule has 30 heavy (non-hydrogen) atoms. The van der Waals surface area contributed by atoms with Gasteiger partial charge in [0.15, 0.2) is 0 Å². The Morgan fingerprint density at radius 3 is 2.07 bits per heavy atom. The first-order valence-electron chi connectivity index (χ1n) is 10.9. The predicted octanol–water partition coefficient (Wildman–Crippen LogP) is 2.79. The standard InChI is InChI=1S/C23H42N2O5/c1-7-8-13-25(15-16-29-22(27)19(2)3)14-11-9-10-12-24(6)17-21(26)18-30-23(28)20(4)5/h21,26H,2,4,7-18H2,1,3,5-6H3. The number of hydrogen-bond acceptors (Lipinski definition) is 7. The van der Waals surface area contributed by atoms with Gasteiger partial charge in [0.1, 0.15) is 19.3 Å². The van der Waals surface area contributed by atoms with Gasteiger partial charge in [0.25, 0.3) is 0 Å². The zero-order chi connectivity index (χ0) is 22.9. The molecule has 0 spiro atoms. The second kappa shape index (κ2) is 17.0. The van der Waals surface area contributed by atoms with Crippen molar-refractivity contribution < 1.29 is 24.2 Å². The van der Waals surface area contributed by atoms with Gasteiger partial charge in [0.05, 0.1) is 0 Å². The van der Waals surface area contributed by atoms with Gasteiger partial charge in [-0.3, -0.25) is 4.90 Å². The lowest BCUT2D eigenvalue weighted by atomic mass is 10.2. The van der Waals surface area contributed by atoms with Crippen LogP contribution in [0.2, 0.25) is 0 Å². The maximum Gasteiger partial charge on any atom is 0.333 e. The predicted molar refractivity (Wildman–Crippen MR) is 120 cm³/mol. The van der Waals surface area contributed by atoms with Crippen molar-refractivity contribution in [2.75, 3.05) is 53.0 Å². The molecule has 0 aliphatic carbocycles. The minimum Gasteiger partial charge on any atom is -0.461 e. The van der Waals surface area contributed by atoms with Crippen molar-refractivity contribution in [3.8, 4) is 0 Å². The van der Waals surface area contributed by atoms with E-state index >= 15 is 0 Å². The minimum atomic E-state index is -0.704. The normalized spacial score (nSPS) is 12.1. The highest BCUT2D eigenvalue weighted by molar-refractivity contribution is 5.87. The molecule has 1 N–H and O–H groups in total. The van der Waals surface area contributed by atoms with Crippen LogP contribution in [0.4, 0.5) is 0 Å². The molecule has 0 aromatic carbocycles. The van der Waals surface area contributed by atoms with Crippen molar-refractivity contribution in [3.05, 3.63) is 24.3 Å². The summed E-state index contributed by atoms with van der Waals surface area (Å²) in [6.07, 6.45) is 4.75. The SMILES string of the molecule is C=C(C)C(=O)OCCN(CCCC)CCCCCN(C)CC(O)COC(=O)C(=C)C. The van der Waals surface area contributed by atoms with E-state index in [1.165, 1.54) is 0 Å². The number of aliphatic hydroxyl groups is 1. The van der Waals surface area contributed by atoms with E-state index in [1.54, 1.807) is 13.8 Å². The van der Waals surface area contributed by atoms with E-state index in [1.807, 2.05) is 11.9 Å². The molecule has 0 aliphatic rings. The van der Waals surface area contributed by atoms with Gasteiger partial charge in [-0.05, 0) is 59.8 Å². The van der Waals surface area contributed by atoms with Crippen molar-refractivity contribution in [2.24, 2.45) is 0 Å². The number of carbonyl (C=O) groups excluding carboxylic acids is 2. The summed E-state index contributed by atoms with van der Waals surface area (Å²) >= 11 is 0. The monoisotopic (exact) mass is 426 g/mol. The summed E-state index contributed by atoms with van der Waals surface area (Å²) in [5.74, 6) is -0.802. The van der Waals surface area contributed by atoms with Crippen molar-refractivity contribution in [1.82, 2.24) is 9.80 Å². The molecule has 1 unspecified atom stereocenters. The fraction of sp³-hybridized carbons (Fsp3) is 0.739. The fourth-order valence-electron chi connectivity index (χ4n) is 2.80. The number of ether oxygens (including phenoxy) is 2. The van der Waals surface area contributed by atoms with Gasteiger partial charge in [-0.15, -0.1) is 0 Å². The molecule has 1 atom stereocenters. The molecule has 0 rings (SSSR count). The van der Waals surface area contributed by atoms with Crippen LogP contribution in [0.1, 0.15) is 52.9 Å². The average molecular weight is 427 g/mol. The third kappa shape index (κ3) is 15.2. The minimum absolute atomic E-state index is 0.0155. The number of unbranched alkanes of at least 4 members (excludes halogenated alkanes) is 3. The van der Waals surface area contributed by atoms with Crippen LogP contribution < -0.4 is 0 Å². The summed E-state index contributed by atoms with van der Waals surface area (Å²) in [6.45, 7) is 17.0. The van der Waals surface area contributed by atoms with Crippen LogP contribution in [0.15, 0.2) is 24.3 Å². The largest absolute Gasteiger partial charge is 0.461 e. The van der Waals surface area contributed by atoms with E-state index in [-0.39, 0.29) is 12.6 Å². The zero-order valence-corrected chi connectivity index (χ0v) is 19.5. The van der Waals surface area contributed by atoms with Crippen molar-refractivity contribution in [1.29, 1.82) is 0 Å². The Hall–Kier alpha value is -1.70. The number of carbonyl (C=O) groups is 2. The van der Waals surface area contributed by atoms with Gasteiger partial charge >= 0.3 is 11.9 Å². The molecule has 0 aromatic rings. The number of likely N-dealkylation sites (N-methyl/N-ethyl adjacent to an activating group) is 1. The lowest BCUT2D eigenvalue weighted by Crippen LogP contribution is -2.33. The summed E-state index contributed by atoms with van der Waals surface area (Å²) in [5, 5.41) is 9.97. The Bertz CT molecular complexity index is 536. The molecule has 0 bridgehead atoms.